The van der Waals surface area contributed by atoms with Crippen LogP contribution in [0.25, 0.3) is 6.08 Å². The largest absolute Gasteiger partial charge is 0.490 e. The van der Waals surface area contributed by atoms with Crippen LogP contribution < -0.4 is 9.47 Å². The number of rotatable bonds is 9. The molecule has 2 aromatic carbocycles. The maximum atomic E-state index is 12.7. The van der Waals surface area contributed by atoms with Crippen molar-refractivity contribution in [3.8, 4) is 11.5 Å². The Kier molecular flexibility index (Phi) is 9.74. The Morgan fingerprint density at radius 3 is 2.57 bits per heavy atom. The minimum atomic E-state index is -0.640. The number of nitrogens with zero attached hydrogens (tertiary/aromatic N) is 1. The molecule has 7 nitrogen and oxygen atoms in total. The van der Waals surface area contributed by atoms with E-state index in [1.54, 1.807) is 44.2 Å². The van der Waals surface area contributed by atoms with Gasteiger partial charge in [0.1, 0.15) is 13.2 Å². The lowest BCUT2D eigenvalue weighted by Crippen LogP contribution is -2.35. The van der Waals surface area contributed by atoms with E-state index < -0.39 is 23.7 Å². The maximum Gasteiger partial charge on any atom is 0.326 e. The first-order valence-electron chi connectivity index (χ1n) is 10.6. The molecule has 0 radical (unpaired) electrons. The average molecular weight is 650 g/mol. The lowest BCUT2D eigenvalue weighted by molar-refractivity contribution is -0.149. The maximum absolute atomic E-state index is 12.7. The molecule has 0 aromatic heterocycles. The Morgan fingerprint density at radius 1 is 1.17 bits per heavy atom. The Balaban J connectivity index is 1.82. The molecule has 186 valence electrons. The zero-order valence-electron chi connectivity index (χ0n) is 19.1. The fraction of sp³-hybridized carbons (Fsp3) is 0.292. The summed E-state index contributed by atoms with van der Waals surface area (Å²) in [5.41, 5.74) is 1.41. The molecule has 0 unspecified atom stereocenters. The highest BCUT2D eigenvalue weighted by atomic mass is 127. The summed E-state index contributed by atoms with van der Waals surface area (Å²) in [5.74, 6) is -0.180. The second-order valence-corrected chi connectivity index (χ2v) is 10.6. The molecule has 2 aromatic rings. The van der Waals surface area contributed by atoms with Gasteiger partial charge in [-0.25, -0.2) is 0 Å². The molecule has 1 aliphatic heterocycles. The Morgan fingerprint density at radius 2 is 1.91 bits per heavy atom. The van der Waals surface area contributed by atoms with E-state index >= 15 is 0 Å². The number of thioether (sulfide) groups is 1. The smallest absolute Gasteiger partial charge is 0.326 e. The van der Waals surface area contributed by atoms with Crippen molar-refractivity contribution in [2.45, 2.75) is 33.5 Å². The molecule has 2 amide bonds. The van der Waals surface area contributed by atoms with Crippen LogP contribution in [-0.2, 0) is 20.9 Å². The highest BCUT2D eigenvalue weighted by Gasteiger charge is 2.37. The molecule has 1 fully saturated rings. The molecule has 1 aliphatic rings. The Bertz CT molecular complexity index is 1190. The fourth-order valence-electron chi connectivity index (χ4n) is 3.08. The topological polar surface area (TPSA) is 82.1 Å². The lowest BCUT2D eigenvalue weighted by Gasteiger charge is -2.15. The molecule has 11 heteroatoms. The SMILES string of the molecule is CCOc1cc(/C=C2/SC(=O)N(CC(=O)OC(C)C)C2=O)cc(I)c1OCc1ccc(Cl)cc1Cl. The third-order valence-electron chi connectivity index (χ3n) is 4.54. The number of amides is 2. The van der Waals surface area contributed by atoms with E-state index in [1.807, 2.05) is 13.0 Å². The first-order chi connectivity index (χ1) is 16.6. The second kappa shape index (κ2) is 12.3. The lowest BCUT2D eigenvalue weighted by atomic mass is 10.1. The van der Waals surface area contributed by atoms with Crippen molar-refractivity contribution in [1.29, 1.82) is 0 Å². The van der Waals surface area contributed by atoms with Crippen LogP contribution in [0, 0.1) is 3.57 Å². The fourth-order valence-corrected chi connectivity index (χ4v) is 5.16. The van der Waals surface area contributed by atoms with E-state index in [1.165, 1.54) is 0 Å². The average Bonchev–Trinajstić information content (AvgIpc) is 3.01. The number of imide groups is 1. The van der Waals surface area contributed by atoms with Crippen LogP contribution in [0.5, 0.6) is 11.5 Å². The quantitative estimate of drug-likeness (QED) is 0.173. The van der Waals surface area contributed by atoms with Crippen LogP contribution in [0.4, 0.5) is 4.79 Å². The van der Waals surface area contributed by atoms with Crippen molar-refractivity contribution in [1.82, 2.24) is 4.90 Å². The van der Waals surface area contributed by atoms with Gasteiger partial charge in [0, 0.05) is 15.6 Å². The van der Waals surface area contributed by atoms with Gasteiger partial charge >= 0.3 is 5.97 Å². The van der Waals surface area contributed by atoms with Gasteiger partial charge in [0.25, 0.3) is 11.1 Å². The van der Waals surface area contributed by atoms with Gasteiger partial charge in [0.15, 0.2) is 11.5 Å². The number of hydrogen-bond acceptors (Lipinski definition) is 7. The number of esters is 1. The highest BCUT2D eigenvalue weighted by Crippen LogP contribution is 2.38. The van der Waals surface area contributed by atoms with Crippen LogP contribution >= 0.6 is 57.6 Å². The standard InChI is InChI=1S/C24H22Cl2INO6S/c1-4-32-19-8-14(7-18(27)22(19)33-12-15-5-6-16(25)10-17(15)26)9-20-23(30)28(24(31)35-20)11-21(29)34-13(2)3/h5-10,13H,4,11-12H2,1-3H3/b20-9+. The van der Waals surface area contributed by atoms with Crippen molar-refractivity contribution < 1.29 is 28.6 Å². The normalized spacial score (nSPS) is 14.7. The zero-order chi connectivity index (χ0) is 25.7. The molecular weight excluding hydrogens is 628 g/mol. The van der Waals surface area contributed by atoms with Crippen molar-refractivity contribution in [2.75, 3.05) is 13.2 Å². The van der Waals surface area contributed by atoms with Gasteiger partial charge < -0.3 is 14.2 Å². The summed E-state index contributed by atoms with van der Waals surface area (Å²) in [4.78, 5) is 38.1. The predicted molar refractivity (Wildman–Crippen MR) is 145 cm³/mol. The van der Waals surface area contributed by atoms with Gasteiger partial charge in [0.05, 0.1) is 21.2 Å². The summed E-state index contributed by atoms with van der Waals surface area (Å²) >= 11 is 15.1. The number of ether oxygens (including phenoxy) is 3. The summed E-state index contributed by atoms with van der Waals surface area (Å²) < 4.78 is 17.6. The van der Waals surface area contributed by atoms with Gasteiger partial charge in [-0.3, -0.25) is 19.3 Å². The van der Waals surface area contributed by atoms with E-state index in [4.69, 9.17) is 37.4 Å². The minimum absolute atomic E-state index is 0.201. The summed E-state index contributed by atoms with van der Waals surface area (Å²) in [7, 11) is 0. The highest BCUT2D eigenvalue weighted by molar-refractivity contribution is 14.1. The molecular formula is C24H22Cl2INO6S. The molecule has 0 aliphatic carbocycles. The van der Waals surface area contributed by atoms with E-state index in [9.17, 15) is 14.4 Å². The molecule has 0 N–H and O–H groups in total. The first kappa shape index (κ1) is 27.6. The molecule has 0 bridgehead atoms. The minimum Gasteiger partial charge on any atom is -0.490 e. The summed E-state index contributed by atoms with van der Waals surface area (Å²) in [6.45, 7) is 5.41. The van der Waals surface area contributed by atoms with E-state index in [0.29, 0.717) is 33.7 Å². The molecule has 0 spiro atoms. The Labute approximate surface area is 231 Å². The predicted octanol–water partition coefficient (Wildman–Crippen LogP) is 6.56. The van der Waals surface area contributed by atoms with E-state index in [-0.39, 0.29) is 17.6 Å². The van der Waals surface area contributed by atoms with Crippen LogP contribution in [-0.4, -0.2) is 41.3 Å². The number of carbonyl (C=O) groups is 3. The van der Waals surface area contributed by atoms with Crippen molar-refractivity contribution in [2.24, 2.45) is 0 Å². The van der Waals surface area contributed by atoms with Crippen molar-refractivity contribution in [3.05, 3.63) is 60.0 Å². The number of hydrogen-bond donors (Lipinski definition) is 0. The molecule has 1 saturated heterocycles. The van der Waals surface area contributed by atoms with Crippen molar-refractivity contribution >= 4 is 80.7 Å². The van der Waals surface area contributed by atoms with Crippen LogP contribution in [0.1, 0.15) is 31.9 Å². The third-order valence-corrected chi connectivity index (χ3v) is 6.84. The van der Waals surface area contributed by atoms with Crippen LogP contribution in [0.2, 0.25) is 10.0 Å². The summed E-state index contributed by atoms with van der Waals surface area (Å²) in [6, 6.07) is 8.71. The van der Waals surface area contributed by atoms with Crippen molar-refractivity contribution in [3.63, 3.8) is 0 Å². The number of carbonyl (C=O) groups excluding carboxylic acids is 3. The van der Waals surface area contributed by atoms with Crippen LogP contribution in [0.3, 0.4) is 0 Å². The molecule has 35 heavy (non-hydrogen) atoms. The molecule has 0 atom stereocenters. The van der Waals surface area contributed by atoms with Gasteiger partial charge in [-0.2, -0.15) is 0 Å². The molecule has 0 saturated carbocycles. The monoisotopic (exact) mass is 649 g/mol. The van der Waals surface area contributed by atoms with Crippen LogP contribution in [0.15, 0.2) is 35.2 Å². The van der Waals surface area contributed by atoms with E-state index in [2.05, 4.69) is 22.6 Å². The molecule has 1 heterocycles. The molecule has 3 rings (SSSR count). The third kappa shape index (κ3) is 7.28. The van der Waals surface area contributed by atoms with Gasteiger partial charge in [0.2, 0.25) is 0 Å². The summed E-state index contributed by atoms with van der Waals surface area (Å²) in [6.07, 6.45) is 1.25. The van der Waals surface area contributed by atoms with Gasteiger partial charge in [-0.1, -0.05) is 29.3 Å². The second-order valence-electron chi connectivity index (χ2n) is 7.59. The Hall–Kier alpha value is -1.95. The van der Waals surface area contributed by atoms with Gasteiger partial charge in [-0.15, -0.1) is 0 Å². The summed E-state index contributed by atoms with van der Waals surface area (Å²) in [5, 5.41) is 0.505. The van der Waals surface area contributed by atoms with Gasteiger partial charge in [-0.05, 0) is 91.0 Å². The van der Waals surface area contributed by atoms with E-state index in [0.717, 1.165) is 25.8 Å². The number of benzene rings is 2. The number of halogens is 3. The first-order valence-corrected chi connectivity index (χ1v) is 13.2. The zero-order valence-corrected chi connectivity index (χ0v) is 23.6.